The number of benzene rings is 2. The topological polar surface area (TPSA) is 63.8 Å². The van der Waals surface area contributed by atoms with Crippen LogP contribution >= 0.6 is 23.1 Å². The average Bonchev–Trinajstić information content (AvgIpc) is 3.45. The van der Waals surface area contributed by atoms with Crippen molar-refractivity contribution in [3.05, 3.63) is 95.0 Å². The molecule has 0 saturated carbocycles. The summed E-state index contributed by atoms with van der Waals surface area (Å²) >= 11 is 2.76. The molecule has 4 aromatic rings. The molecular formula is C23H20F2N4OS2. The van der Waals surface area contributed by atoms with E-state index in [0.29, 0.717) is 0 Å². The van der Waals surface area contributed by atoms with Crippen LogP contribution in [0.5, 0.6) is 0 Å². The molecule has 2 aromatic heterocycles. The minimum Gasteiger partial charge on any atom is -0.382 e. The molecule has 0 aliphatic rings. The first-order chi connectivity index (χ1) is 15.4. The Balaban J connectivity index is 1.57. The van der Waals surface area contributed by atoms with Crippen LogP contribution in [0.4, 0.5) is 8.78 Å². The molecule has 1 N–H and O–H groups in total. The normalized spacial score (nSPS) is 14.5. The van der Waals surface area contributed by atoms with E-state index in [1.807, 2.05) is 47.9 Å². The number of hydrogen-bond acceptors (Lipinski definition) is 6. The van der Waals surface area contributed by atoms with Crippen LogP contribution in [0.25, 0.3) is 12.2 Å². The molecule has 164 valence electrons. The van der Waals surface area contributed by atoms with Crippen LogP contribution in [-0.2, 0) is 12.1 Å². The number of nitrogens with zero attached hydrogens (tertiary/aromatic N) is 4. The zero-order valence-corrected chi connectivity index (χ0v) is 18.7. The minimum atomic E-state index is -1.68. The molecule has 2 heterocycles. The molecule has 2 aromatic carbocycles. The van der Waals surface area contributed by atoms with Crippen molar-refractivity contribution in [2.75, 3.05) is 0 Å². The van der Waals surface area contributed by atoms with Crippen LogP contribution < -0.4 is 0 Å². The Hall–Kier alpha value is -2.88. The fraction of sp³-hybridized carbons (Fsp3) is 0.174. The second-order valence-corrected chi connectivity index (χ2v) is 9.63. The van der Waals surface area contributed by atoms with Gasteiger partial charge in [-0.05, 0) is 24.6 Å². The van der Waals surface area contributed by atoms with E-state index in [9.17, 15) is 13.9 Å². The van der Waals surface area contributed by atoms with Crippen molar-refractivity contribution in [2.45, 2.75) is 28.7 Å². The van der Waals surface area contributed by atoms with E-state index in [0.717, 1.165) is 27.7 Å². The van der Waals surface area contributed by atoms with Crippen molar-refractivity contribution >= 4 is 35.3 Å². The molecule has 1 unspecified atom stereocenters. The molecule has 0 bridgehead atoms. The van der Waals surface area contributed by atoms with E-state index in [1.54, 1.807) is 6.92 Å². The molecule has 0 saturated heterocycles. The third kappa shape index (κ3) is 5.12. The van der Waals surface area contributed by atoms with Crippen molar-refractivity contribution in [3.8, 4) is 0 Å². The molecule has 0 aliphatic carbocycles. The summed E-state index contributed by atoms with van der Waals surface area (Å²) in [6, 6.07) is 13.1. The first-order valence-electron chi connectivity index (χ1n) is 9.80. The third-order valence-electron chi connectivity index (χ3n) is 4.96. The molecule has 2 atom stereocenters. The van der Waals surface area contributed by atoms with Crippen LogP contribution in [0.2, 0.25) is 0 Å². The number of thiazole rings is 1. The summed E-state index contributed by atoms with van der Waals surface area (Å²) < 4.78 is 30.3. The molecule has 0 amide bonds. The van der Waals surface area contributed by atoms with Crippen LogP contribution in [0.1, 0.15) is 23.7 Å². The van der Waals surface area contributed by atoms with Gasteiger partial charge in [0.25, 0.3) is 0 Å². The lowest BCUT2D eigenvalue weighted by Gasteiger charge is -2.34. The maximum Gasteiger partial charge on any atom is 0.150 e. The predicted octanol–water partition coefficient (Wildman–Crippen LogP) is 5.25. The highest BCUT2D eigenvalue weighted by molar-refractivity contribution is 8.01. The van der Waals surface area contributed by atoms with E-state index < -0.39 is 22.5 Å². The molecule has 32 heavy (non-hydrogen) atoms. The fourth-order valence-electron chi connectivity index (χ4n) is 3.23. The summed E-state index contributed by atoms with van der Waals surface area (Å²) in [5.41, 5.74) is 0.176. The van der Waals surface area contributed by atoms with E-state index in [-0.39, 0.29) is 12.1 Å². The molecule has 0 fully saturated rings. The maximum atomic E-state index is 14.7. The van der Waals surface area contributed by atoms with Gasteiger partial charge in [0.15, 0.2) is 4.34 Å². The van der Waals surface area contributed by atoms with E-state index in [1.165, 1.54) is 46.5 Å². The molecule has 5 nitrogen and oxygen atoms in total. The Morgan fingerprint density at radius 1 is 1.19 bits per heavy atom. The molecule has 9 heteroatoms. The largest absolute Gasteiger partial charge is 0.382 e. The number of rotatable bonds is 8. The average molecular weight is 471 g/mol. The number of aliphatic hydroxyl groups is 1. The molecule has 0 aliphatic heterocycles. The lowest BCUT2D eigenvalue weighted by atomic mass is 9.90. The lowest BCUT2D eigenvalue weighted by molar-refractivity contribution is 0.0133. The first kappa shape index (κ1) is 22.3. The van der Waals surface area contributed by atoms with Gasteiger partial charge in [-0.2, -0.15) is 5.10 Å². The summed E-state index contributed by atoms with van der Waals surface area (Å²) in [5.74, 6) is -1.52. The van der Waals surface area contributed by atoms with Crippen molar-refractivity contribution in [3.63, 3.8) is 0 Å². The Morgan fingerprint density at radius 3 is 2.72 bits per heavy atom. The van der Waals surface area contributed by atoms with Gasteiger partial charge < -0.3 is 5.11 Å². The predicted molar refractivity (Wildman–Crippen MR) is 123 cm³/mol. The third-order valence-corrected chi connectivity index (χ3v) is 7.23. The van der Waals surface area contributed by atoms with Crippen molar-refractivity contribution in [2.24, 2.45) is 0 Å². The SMILES string of the molecule is C[C@@H](Sc1nc(C=Cc2ccccc2)cs1)C(O)(Cn1cncn1)c1ccc(F)cc1F. The molecule has 0 radical (unpaired) electrons. The highest BCUT2D eigenvalue weighted by Gasteiger charge is 2.40. The van der Waals surface area contributed by atoms with Gasteiger partial charge in [-0.3, -0.25) is 0 Å². The van der Waals surface area contributed by atoms with Gasteiger partial charge in [-0.15, -0.1) is 11.3 Å². The van der Waals surface area contributed by atoms with E-state index in [2.05, 4.69) is 15.1 Å². The highest BCUT2D eigenvalue weighted by Crippen LogP contribution is 2.40. The molecule has 0 spiro atoms. The summed E-state index contributed by atoms with van der Waals surface area (Å²) in [6.45, 7) is 1.74. The second-order valence-electron chi connectivity index (χ2n) is 7.18. The Labute approximate surface area is 192 Å². The highest BCUT2D eigenvalue weighted by atomic mass is 32.2. The second kappa shape index (κ2) is 9.72. The first-order valence-corrected chi connectivity index (χ1v) is 11.6. The zero-order valence-electron chi connectivity index (χ0n) is 17.1. The van der Waals surface area contributed by atoms with Gasteiger partial charge in [-0.25, -0.2) is 23.4 Å². The van der Waals surface area contributed by atoms with Gasteiger partial charge in [0.1, 0.15) is 29.9 Å². The van der Waals surface area contributed by atoms with Crippen LogP contribution in [0.15, 0.2) is 70.9 Å². The van der Waals surface area contributed by atoms with Crippen LogP contribution in [-0.4, -0.2) is 30.1 Å². The maximum absolute atomic E-state index is 14.7. The van der Waals surface area contributed by atoms with Crippen molar-refractivity contribution in [1.29, 1.82) is 0 Å². The fourth-order valence-corrected chi connectivity index (χ4v) is 5.40. The summed E-state index contributed by atoms with van der Waals surface area (Å²) in [7, 11) is 0. The number of hydrogen-bond donors (Lipinski definition) is 1. The quantitative estimate of drug-likeness (QED) is 0.356. The van der Waals surface area contributed by atoms with Gasteiger partial charge >= 0.3 is 0 Å². The van der Waals surface area contributed by atoms with Gasteiger partial charge in [0, 0.05) is 22.3 Å². The minimum absolute atomic E-state index is 0.00449. The van der Waals surface area contributed by atoms with E-state index in [4.69, 9.17) is 0 Å². The lowest BCUT2D eigenvalue weighted by Crippen LogP contribution is -2.41. The van der Waals surface area contributed by atoms with Crippen LogP contribution in [0.3, 0.4) is 0 Å². The number of thioether (sulfide) groups is 1. The summed E-state index contributed by atoms with van der Waals surface area (Å²) in [6.07, 6.45) is 6.68. The number of aromatic nitrogens is 4. The van der Waals surface area contributed by atoms with Crippen molar-refractivity contribution in [1.82, 2.24) is 19.7 Å². The Kier molecular flexibility index (Phi) is 6.78. The monoisotopic (exact) mass is 470 g/mol. The Bertz CT molecular complexity index is 1200. The van der Waals surface area contributed by atoms with Gasteiger partial charge in [0.2, 0.25) is 0 Å². The standard InChI is InChI=1S/C23H20F2N4OS2/c1-16(32-22-28-19(12-31-22)9-7-17-5-3-2-4-6-17)23(30,13-29-15-26-14-27-29)20-10-8-18(24)11-21(20)25/h2-12,14-16,30H,13H2,1H3/t16-,23?/m1/s1. The van der Waals surface area contributed by atoms with Gasteiger partial charge in [0.05, 0.1) is 12.2 Å². The number of halogens is 2. The smallest absolute Gasteiger partial charge is 0.150 e. The van der Waals surface area contributed by atoms with Crippen LogP contribution in [0, 0.1) is 11.6 Å². The summed E-state index contributed by atoms with van der Waals surface area (Å²) in [4.78, 5) is 8.49. The molecular weight excluding hydrogens is 450 g/mol. The summed E-state index contributed by atoms with van der Waals surface area (Å²) in [5, 5.41) is 17.0. The van der Waals surface area contributed by atoms with E-state index >= 15 is 0 Å². The molecule has 4 rings (SSSR count). The van der Waals surface area contributed by atoms with Gasteiger partial charge in [-0.1, -0.05) is 54.2 Å². The zero-order chi connectivity index (χ0) is 22.6. The van der Waals surface area contributed by atoms with Crippen molar-refractivity contribution < 1.29 is 13.9 Å². The Morgan fingerprint density at radius 2 is 2.00 bits per heavy atom.